The molecule has 0 bridgehead atoms. The highest BCUT2D eigenvalue weighted by Crippen LogP contribution is 2.31. The first-order chi connectivity index (χ1) is 10.7. The Morgan fingerprint density at radius 3 is 2.68 bits per heavy atom. The van der Waals surface area contributed by atoms with Crippen LogP contribution in [0.15, 0.2) is 28.8 Å². The topological polar surface area (TPSA) is 70.3 Å². The van der Waals surface area contributed by atoms with Crippen molar-refractivity contribution in [2.45, 2.75) is 19.8 Å². The Morgan fingerprint density at radius 1 is 1.09 bits per heavy atom. The van der Waals surface area contributed by atoms with Crippen LogP contribution in [0.2, 0.25) is 0 Å². The first-order valence-corrected chi connectivity index (χ1v) is 7.11. The van der Waals surface area contributed by atoms with Gasteiger partial charge in [-0.2, -0.15) is 4.98 Å². The summed E-state index contributed by atoms with van der Waals surface area (Å²) in [7, 11) is 3.21. The summed E-state index contributed by atoms with van der Waals surface area (Å²) in [6.45, 7) is 2.06. The van der Waals surface area contributed by atoms with Crippen LogP contribution in [0.4, 0.5) is 0 Å². The van der Waals surface area contributed by atoms with Crippen LogP contribution in [0.5, 0.6) is 11.6 Å². The summed E-state index contributed by atoms with van der Waals surface area (Å²) in [4.78, 5) is 8.90. The molecule has 22 heavy (non-hydrogen) atoms. The van der Waals surface area contributed by atoms with Crippen LogP contribution in [0.25, 0.3) is 22.3 Å². The van der Waals surface area contributed by atoms with Gasteiger partial charge in [-0.05, 0) is 30.7 Å². The molecule has 0 atom stereocenters. The van der Waals surface area contributed by atoms with Crippen LogP contribution in [-0.4, -0.2) is 29.3 Å². The second-order valence-corrected chi connectivity index (χ2v) is 4.87. The number of rotatable bonds is 5. The summed E-state index contributed by atoms with van der Waals surface area (Å²) in [6, 6.07) is 7.60. The largest absolute Gasteiger partial charge is 0.497 e. The SMILES string of the molecule is CCCc1nc(-c2cc3cc(OC)ccc3nc2OC)no1. The monoisotopic (exact) mass is 299 g/mol. The first-order valence-electron chi connectivity index (χ1n) is 7.11. The van der Waals surface area contributed by atoms with Crippen LogP contribution in [-0.2, 0) is 6.42 Å². The number of ether oxygens (including phenoxy) is 2. The molecule has 0 radical (unpaired) electrons. The molecule has 0 saturated carbocycles. The molecule has 0 spiro atoms. The Labute approximate surface area is 128 Å². The number of pyridine rings is 1. The summed E-state index contributed by atoms with van der Waals surface area (Å²) in [6.07, 6.45) is 1.70. The maximum atomic E-state index is 5.37. The fourth-order valence-electron chi connectivity index (χ4n) is 2.26. The molecule has 0 amide bonds. The Hall–Kier alpha value is -2.63. The van der Waals surface area contributed by atoms with Crippen molar-refractivity contribution >= 4 is 10.9 Å². The number of hydrogen-bond donors (Lipinski definition) is 0. The zero-order chi connectivity index (χ0) is 15.5. The number of nitrogens with zero attached hydrogens (tertiary/aromatic N) is 3. The zero-order valence-electron chi connectivity index (χ0n) is 12.8. The minimum Gasteiger partial charge on any atom is -0.497 e. The van der Waals surface area contributed by atoms with E-state index in [9.17, 15) is 0 Å². The zero-order valence-corrected chi connectivity index (χ0v) is 12.8. The average Bonchev–Trinajstić information content (AvgIpc) is 3.01. The Morgan fingerprint density at radius 2 is 1.95 bits per heavy atom. The van der Waals surface area contributed by atoms with Crippen molar-refractivity contribution in [3.63, 3.8) is 0 Å². The van der Waals surface area contributed by atoms with E-state index in [0.717, 1.165) is 29.5 Å². The van der Waals surface area contributed by atoms with Crippen LogP contribution < -0.4 is 9.47 Å². The van der Waals surface area contributed by atoms with Crippen molar-refractivity contribution in [3.05, 3.63) is 30.2 Å². The van der Waals surface area contributed by atoms with Crippen molar-refractivity contribution < 1.29 is 14.0 Å². The van der Waals surface area contributed by atoms with E-state index in [1.54, 1.807) is 14.2 Å². The highest BCUT2D eigenvalue weighted by Gasteiger charge is 2.16. The van der Waals surface area contributed by atoms with Gasteiger partial charge < -0.3 is 14.0 Å². The summed E-state index contributed by atoms with van der Waals surface area (Å²) >= 11 is 0. The van der Waals surface area contributed by atoms with E-state index in [2.05, 4.69) is 22.0 Å². The molecule has 2 aromatic heterocycles. The van der Waals surface area contributed by atoms with Crippen molar-refractivity contribution in [3.8, 4) is 23.0 Å². The molecule has 114 valence electrons. The minimum atomic E-state index is 0.474. The Kier molecular flexibility index (Phi) is 3.91. The van der Waals surface area contributed by atoms with E-state index in [1.807, 2.05) is 24.3 Å². The van der Waals surface area contributed by atoms with E-state index in [1.165, 1.54) is 0 Å². The molecule has 3 aromatic rings. The third-order valence-electron chi connectivity index (χ3n) is 3.35. The van der Waals surface area contributed by atoms with Crippen molar-refractivity contribution in [1.29, 1.82) is 0 Å². The quantitative estimate of drug-likeness (QED) is 0.720. The van der Waals surface area contributed by atoms with Gasteiger partial charge in [0.15, 0.2) is 0 Å². The van der Waals surface area contributed by atoms with Gasteiger partial charge in [-0.15, -0.1) is 0 Å². The molecular formula is C16H17N3O3. The smallest absolute Gasteiger partial charge is 0.226 e. The second kappa shape index (κ2) is 6.01. The Balaban J connectivity index is 2.12. The molecule has 6 nitrogen and oxygen atoms in total. The summed E-state index contributed by atoms with van der Waals surface area (Å²) in [5, 5.41) is 4.95. The Bertz CT molecular complexity index is 798. The fraction of sp³-hybridized carbons (Fsp3) is 0.312. The molecule has 0 aliphatic rings. The standard InChI is InChI=1S/C16H17N3O3/c1-4-5-14-18-15(19-22-14)12-9-10-8-11(20-2)6-7-13(10)17-16(12)21-3/h6-9H,4-5H2,1-3H3. The third kappa shape index (κ3) is 2.59. The first kappa shape index (κ1) is 14.3. The minimum absolute atomic E-state index is 0.474. The molecule has 0 aliphatic heterocycles. The lowest BCUT2D eigenvalue weighted by molar-refractivity contribution is 0.376. The number of benzene rings is 1. The normalized spacial score (nSPS) is 10.9. The number of methoxy groups -OCH3 is 2. The highest BCUT2D eigenvalue weighted by molar-refractivity contribution is 5.86. The summed E-state index contributed by atoms with van der Waals surface area (Å²) < 4.78 is 15.9. The van der Waals surface area contributed by atoms with Gasteiger partial charge in [-0.1, -0.05) is 12.1 Å². The molecule has 0 aliphatic carbocycles. The van der Waals surface area contributed by atoms with Gasteiger partial charge in [0.25, 0.3) is 0 Å². The molecule has 3 rings (SSSR count). The number of aromatic nitrogens is 3. The van der Waals surface area contributed by atoms with E-state index in [4.69, 9.17) is 14.0 Å². The van der Waals surface area contributed by atoms with Crippen LogP contribution in [0, 0.1) is 0 Å². The van der Waals surface area contributed by atoms with E-state index >= 15 is 0 Å². The second-order valence-electron chi connectivity index (χ2n) is 4.87. The van der Waals surface area contributed by atoms with Gasteiger partial charge in [0.05, 0.1) is 25.3 Å². The maximum Gasteiger partial charge on any atom is 0.226 e. The van der Waals surface area contributed by atoms with Crippen LogP contribution in [0.3, 0.4) is 0 Å². The van der Waals surface area contributed by atoms with Gasteiger partial charge in [0, 0.05) is 11.8 Å². The van der Waals surface area contributed by atoms with E-state index in [0.29, 0.717) is 23.2 Å². The number of aryl methyl sites for hydroxylation is 1. The fourth-order valence-corrected chi connectivity index (χ4v) is 2.26. The summed E-state index contributed by atoms with van der Waals surface area (Å²) in [5.41, 5.74) is 1.52. The molecule has 6 heteroatoms. The van der Waals surface area contributed by atoms with Crippen molar-refractivity contribution in [2.24, 2.45) is 0 Å². The van der Waals surface area contributed by atoms with Gasteiger partial charge in [-0.25, -0.2) is 4.98 Å². The molecule has 0 saturated heterocycles. The van der Waals surface area contributed by atoms with Crippen molar-refractivity contribution in [2.75, 3.05) is 14.2 Å². The molecule has 0 fully saturated rings. The van der Waals surface area contributed by atoms with Gasteiger partial charge >= 0.3 is 0 Å². The third-order valence-corrected chi connectivity index (χ3v) is 3.35. The van der Waals surface area contributed by atoms with Gasteiger partial charge in [-0.3, -0.25) is 0 Å². The van der Waals surface area contributed by atoms with Crippen molar-refractivity contribution in [1.82, 2.24) is 15.1 Å². The predicted molar refractivity (Wildman–Crippen MR) is 82.1 cm³/mol. The number of hydrogen-bond acceptors (Lipinski definition) is 6. The summed E-state index contributed by atoms with van der Waals surface area (Å²) in [5.74, 6) is 2.34. The predicted octanol–water partition coefficient (Wildman–Crippen LogP) is 3.25. The molecule has 0 unspecified atom stereocenters. The molecule has 0 N–H and O–H groups in total. The van der Waals surface area contributed by atoms with Gasteiger partial charge in [0.2, 0.25) is 17.6 Å². The lowest BCUT2D eigenvalue weighted by atomic mass is 10.1. The van der Waals surface area contributed by atoms with E-state index in [-0.39, 0.29) is 0 Å². The lowest BCUT2D eigenvalue weighted by Crippen LogP contribution is -1.95. The maximum absolute atomic E-state index is 5.37. The highest BCUT2D eigenvalue weighted by atomic mass is 16.5. The molecule has 1 aromatic carbocycles. The van der Waals surface area contributed by atoms with E-state index < -0.39 is 0 Å². The molecule has 2 heterocycles. The van der Waals surface area contributed by atoms with Gasteiger partial charge in [0.1, 0.15) is 5.75 Å². The average molecular weight is 299 g/mol. The van der Waals surface area contributed by atoms with Crippen LogP contribution in [0.1, 0.15) is 19.2 Å². The lowest BCUT2D eigenvalue weighted by Gasteiger charge is -2.07. The van der Waals surface area contributed by atoms with Crippen LogP contribution >= 0.6 is 0 Å². The molecular weight excluding hydrogens is 282 g/mol. The number of fused-ring (bicyclic) bond motifs is 1.